The lowest BCUT2D eigenvalue weighted by Gasteiger charge is -2.17. The summed E-state index contributed by atoms with van der Waals surface area (Å²) in [6.45, 7) is 0.166. The van der Waals surface area contributed by atoms with E-state index in [1.807, 2.05) is 0 Å². The van der Waals surface area contributed by atoms with Crippen LogP contribution in [0.4, 0.5) is 26.3 Å². The number of carbonyl (C=O) groups excluding carboxylic acids is 2. The van der Waals surface area contributed by atoms with Crippen LogP contribution in [0.15, 0.2) is 72.8 Å². The van der Waals surface area contributed by atoms with Gasteiger partial charge in [-0.3, -0.25) is 9.63 Å². The van der Waals surface area contributed by atoms with Gasteiger partial charge in [0, 0.05) is 10.9 Å². The molecule has 47 heavy (non-hydrogen) atoms. The average Bonchev–Trinajstić information content (AvgIpc) is 3.02. The zero-order valence-corrected chi connectivity index (χ0v) is 26.8. The van der Waals surface area contributed by atoms with Gasteiger partial charge in [0.05, 0.1) is 33.8 Å². The zero-order chi connectivity index (χ0) is 34.5. The van der Waals surface area contributed by atoms with Crippen molar-refractivity contribution in [3.8, 4) is 23.0 Å². The molecule has 248 valence electrons. The predicted octanol–water partition coefficient (Wildman–Crippen LogP) is 10.2. The summed E-state index contributed by atoms with van der Waals surface area (Å²) >= 11 is 14.9. The van der Waals surface area contributed by atoms with Crippen molar-refractivity contribution in [1.29, 1.82) is 0 Å². The first-order valence-electron chi connectivity index (χ1n) is 13.0. The van der Waals surface area contributed by atoms with Crippen molar-refractivity contribution < 1.29 is 55.0 Å². The summed E-state index contributed by atoms with van der Waals surface area (Å²) in [7, 11) is 1.27. The Morgan fingerprint density at radius 1 is 0.830 bits per heavy atom. The van der Waals surface area contributed by atoms with Crippen LogP contribution < -0.4 is 15.0 Å². The molecule has 1 N–H and O–H groups in total. The highest BCUT2D eigenvalue weighted by Gasteiger charge is 2.32. The van der Waals surface area contributed by atoms with Crippen LogP contribution in [0.2, 0.25) is 10.0 Å². The van der Waals surface area contributed by atoms with Crippen LogP contribution in [0.3, 0.4) is 0 Å². The molecule has 1 heterocycles. The number of carbonyl (C=O) groups is 2. The van der Waals surface area contributed by atoms with E-state index in [9.17, 15) is 35.9 Å². The number of nitrogens with one attached hydrogen (secondary N) is 1. The van der Waals surface area contributed by atoms with Gasteiger partial charge >= 0.3 is 18.3 Å². The van der Waals surface area contributed by atoms with E-state index in [0.29, 0.717) is 39.1 Å². The second-order valence-electron chi connectivity index (χ2n) is 9.47. The second kappa shape index (κ2) is 14.8. The van der Waals surface area contributed by atoms with Crippen molar-refractivity contribution in [2.24, 2.45) is 0 Å². The summed E-state index contributed by atoms with van der Waals surface area (Å²) in [5, 5.41) is 0.0452. The van der Waals surface area contributed by atoms with Gasteiger partial charge in [0.15, 0.2) is 0 Å². The quantitative estimate of drug-likeness (QED) is 0.120. The first kappa shape index (κ1) is 35.9. The molecule has 0 unspecified atom stereocenters. The van der Waals surface area contributed by atoms with E-state index in [1.54, 1.807) is 18.2 Å². The fourth-order valence-corrected chi connectivity index (χ4v) is 4.94. The summed E-state index contributed by atoms with van der Waals surface area (Å²) in [5.74, 6) is -0.0341. The van der Waals surface area contributed by atoms with Gasteiger partial charge in [0.25, 0.3) is 5.91 Å². The largest absolute Gasteiger partial charge is 0.465 e. The standard InChI is InChI=1S/C16H11BrClF3O3.C15H9ClF3NO3/c1-23-15(22)12-4-3-11(6-9(12)8-17)24-14-5-2-10(7-13(14)18)16(19,20)21;16-12-6-9(15(17,18)19)1-4-13(12)23-10-2-3-11-8(5-10)7-22-20-14(11)21/h2-7H,8H2,1H3;1-6H,7H2,(H,20,21). The normalized spacial score (nSPS) is 12.7. The summed E-state index contributed by atoms with van der Waals surface area (Å²) < 4.78 is 91.4. The molecule has 0 aromatic heterocycles. The Balaban J connectivity index is 0.000000213. The molecule has 5 rings (SSSR count). The first-order valence-corrected chi connectivity index (χ1v) is 14.9. The number of ether oxygens (including phenoxy) is 3. The lowest BCUT2D eigenvalue weighted by Crippen LogP contribution is -2.29. The molecule has 16 heteroatoms. The number of hydroxylamine groups is 1. The molecule has 0 aliphatic carbocycles. The maximum absolute atomic E-state index is 12.6. The third kappa shape index (κ3) is 9.10. The van der Waals surface area contributed by atoms with Crippen LogP contribution in [0, 0.1) is 0 Å². The van der Waals surface area contributed by atoms with Gasteiger partial charge in [0.1, 0.15) is 29.6 Å². The van der Waals surface area contributed by atoms with Crippen molar-refractivity contribution in [2.75, 3.05) is 7.11 Å². The lowest BCUT2D eigenvalue weighted by atomic mass is 10.1. The minimum absolute atomic E-state index is 0.0796. The number of amides is 1. The van der Waals surface area contributed by atoms with Crippen LogP contribution in [-0.2, 0) is 33.9 Å². The minimum Gasteiger partial charge on any atom is -0.465 e. The fourth-order valence-electron chi connectivity index (χ4n) is 4.04. The highest BCUT2D eigenvalue weighted by atomic mass is 79.9. The van der Waals surface area contributed by atoms with E-state index in [4.69, 9.17) is 37.5 Å². The Labute approximate surface area is 281 Å². The molecular formula is C31H20BrCl2F6NO6. The number of rotatable bonds is 6. The summed E-state index contributed by atoms with van der Waals surface area (Å²) in [5.41, 5.74) is 2.54. The van der Waals surface area contributed by atoms with Crippen molar-refractivity contribution in [2.45, 2.75) is 24.3 Å². The second-order valence-corrected chi connectivity index (χ2v) is 10.8. The van der Waals surface area contributed by atoms with Crippen LogP contribution in [0.25, 0.3) is 0 Å². The number of alkyl halides is 7. The molecule has 4 aromatic rings. The number of benzene rings is 4. The van der Waals surface area contributed by atoms with E-state index < -0.39 is 29.4 Å². The maximum atomic E-state index is 12.6. The molecular weight excluding hydrogens is 747 g/mol. The molecule has 1 aliphatic heterocycles. The molecule has 4 aromatic carbocycles. The molecule has 0 saturated heterocycles. The third-order valence-electron chi connectivity index (χ3n) is 6.31. The Hall–Kier alpha value is -3.98. The zero-order valence-electron chi connectivity index (χ0n) is 23.7. The predicted molar refractivity (Wildman–Crippen MR) is 162 cm³/mol. The summed E-state index contributed by atoms with van der Waals surface area (Å²) in [6, 6.07) is 14.9. The summed E-state index contributed by atoms with van der Waals surface area (Å²) in [4.78, 5) is 28.1. The smallest absolute Gasteiger partial charge is 0.416 e. The number of hydrogen-bond donors (Lipinski definition) is 1. The fraction of sp³-hybridized carbons (Fsp3) is 0.161. The highest BCUT2D eigenvalue weighted by Crippen LogP contribution is 2.38. The van der Waals surface area contributed by atoms with Crippen molar-refractivity contribution in [1.82, 2.24) is 5.48 Å². The van der Waals surface area contributed by atoms with Crippen LogP contribution in [0.5, 0.6) is 23.0 Å². The highest BCUT2D eigenvalue weighted by molar-refractivity contribution is 9.08. The monoisotopic (exact) mass is 765 g/mol. The van der Waals surface area contributed by atoms with Crippen LogP contribution in [-0.4, -0.2) is 19.0 Å². The Morgan fingerprint density at radius 2 is 1.36 bits per heavy atom. The van der Waals surface area contributed by atoms with E-state index >= 15 is 0 Å². The van der Waals surface area contributed by atoms with E-state index in [1.165, 1.54) is 25.3 Å². The summed E-state index contributed by atoms with van der Waals surface area (Å²) in [6.07, 6.45) is -8.95. The van der Waals surface area contributed by atoms with E-state index in [0.717, 1.165) is 36.4 Å². The van der Waals surface area contributed by atoms with Crippen molar-refractivity contribution in [3.63, 3.8) is 0 Å². The molecule has 0 saturated carbocycles. The molecule has 1 amide bonds. The van der Waals surface area contributed by atoms with Crippen molar-refractivity contribution in [3.05, 3.63) is 116 Å². The minimum atomic E-state index is -4.48. The van der Waals surface area contributed by atoms with Gasteiger partial charge in [-0.1, -0.05) is 39.1 Å². The van der Waals surface area contributed by atoms with Gasteiger partial charge in [-0.15, -0.1) is 0 Å². The number of methoxy groups -OCH3 is 1. The van der Waals surface area contributed by atoms with Crippen molar-refractivity contribution >= 4 is 51.0 Å². The van der Waals surface area contributed by atoms with Gasteiger partial charge in [0.2, 0.25) is 0 Å². The molecule has 0 radical (unpaired) electrons. The number of fused-ring (bicyclic) bond motifs is 1. The Bertz CT molecular complexity index is 1800. The van der Waals surface area contributed by atoms with Crippen LogP contribution in [0.1, 0.15) is 43.0 Å². The molecule has 0 atom stereocenters. The average molecular weight is 767 g/mol. The SMILES string of the molecule is COC(=O)c1ccc(Oc2ccc(C(F)(F)F)cc2Cl)cc1CBr.O=C1NOCc2cc(Oc3ccc(C(F)(F)F)cc3Cl)ccc21. The van der Waals surface area contributed by atoms with Crippen LogP contribution >= 0.6 is 39.1 Å². The lowest BCUT2D eigenvalue weighted by molar-refractivity contribution is -0.138. The number of hydrogen-bond acceptors (Lipinski definition) is 6. The number of esters is 1. The molecule has 0 bridgehead atoms. The Kier molecular flexibility index (Phi) is 11.3. The topological polar surface area (TPSA) is 83.1 Å². The van der Waals surface area contributed by atoms with Gasteiger partial charge < -0.3 is 14.2 Å². The van der Waals surface area contributed by atoms with E-state index in [2.05, 4.69) is 26.1 Å². The molecule has 7 nitrogen and oxygen atoms in total. The third-order valence-corrected chi connectivity index (χ3v) is 7.51. The van der Waals surface area contributed by atoms with Gasteiger partial charge in [-0.05, 0) is 83.9 Å². The molecule has 1 aliphatic rings. The maximum Gasteiger partial charge on any atom is 0.416 e. The van der Waals surface area contributed by atoms with Gasteiger partial charge in [-0.25, -0.2) is 10.3 Å². The van der Waals surface area contributed by atoms with Gasteiger partial charge in [-0.2, -0.15) is 26.3 Å². The molecule has 0 spiro atoms. The van der Waals surface area contributed by atoms with E-state index in [-0.39, 0.29) is 34.1 Å². The first-order chi connectivity index (χ1) is 22.1. The Morgan fingerprint density at radius 3 is 1.85 bits per heavy atom. The molecule has 0 fully saturated rings. The number of halogens is 9.